The highest BCUT2D eigenvalue weighted by Gasteiger charge is 2.37. The van der Waals surface area contributed by atoms with Crippen LogP contribution in [0.25, 0.3) is 10.8 Å². The summed E-state index contributed by atoms with van der Waals surface area (Å²) in [6.45, 7) is -0.0986. The Bertz CT molecular complexity index is 1190. The van der Waals surface area contributed by atoms with Gasteiger partial charge in [0.25, 0.3) is 0 Å². The summed E-state index contributed by atoms with van der Waals surface area (Å²) in [5.41, 5.74) is 4.52. The van der Waals surface area contributed by atoms with Crippen LogP contribution >= 0.6 is 8.53 Å². The third-order valence-corrected chi connectivity index (χ3v) is 6.23. The first kappa shape index (κ1) is 23.2. The lowest BCUT2D eigenvalue weighted by Gasteiger charge is -2.21. The average molecular weight is 476 g/mol. The predicted molar refractivity (Wildman–Crippen MR) is 119 cm³/mol. The molecule has 1 aliphatic heterocycles. The lowest BCUT2D eigenvalue weighted by molar-refractivity contribution is -0.107. The van der Waals surface area contributed by atoms with Crippen LogP contribution < -0.4 is 21.0 Å². The van der Waals surface area contributed by atoms with Crippen molar-refractivity contribution < 1.29 is 28.1 Å². The van der Waals surface area contributed by atoms with Gasteiger partial charge in [0.1, 0.15) is 24.4 Å². The summed E-state index contributed by atoms with van der Waals surface area (Å²) in [6.07, 6.45) is -1.13. The van der Waals surface area contributed by atoms with Crippen LogP contribution in [0.15, 0.2) is 53.5 Å². The Morgan fingerprint density at radius 1 is 1.33 bits per heavy atom. The van der Waals surface area contributed by atoms with Gasteiger partial charge >= 0.3 is 14.2 Å². The minimum absolute atomic E-state index is 0.00104. The Morgan fingerprint density at radius 3 is 2.94 bits per heavy atom. The number of aromatic nitrogens is 2. The Labute approximate surface area is 189 Å². The number of hydrogen-bond acceptors (Lipinski definition) is 9. The quantitative estimate of drug-likeness (QED) is 0.312. The lowest BCUT2D eigenvalue weighted by atomic mass is 10.1. The Kier molecular flexibility index (Phi) is 7.26. The lowest BCUT2D eigenvalue weighted by Crippen LogP contribution is -2.29. The largest absolute Gasteiger partial charge is 0.435 e. The summed E-state index contributed by atoms with van der Waals surface area (Å²) in [7, 11) is -1.77. The molecule has 1 saturated heterocycles. The smallest absolute Gasteiger partial charge is 0.351 e. The van der Waals surface area contributed by atoms with E-state index in [4.69, 9.17) is 19.5 Å². The Morgan fingerprint density at radius 2 is 2.12 bits per heavy atom. The van der Waals surface area contributed by atoms with Gasteiger partial charge in [-0.1, -0.05) is 36.4 Å². The topological polar surface area (TPSA) is 138 Å². The van der Waals surface area contributed by atoms with Gasteiger partial charge < -0.3 is 29.4 Å². The molecule has 3 aromatic rings. The van der Waals surface area contributed by atoms with E-state index < -0.39 is 44.3 Å². The molecule has 10 nitrogen and oxygen atoms in total. The van der Waals surface area contributed by atoms with Crippen molar-refractivity contribution in [3.05, 3.63) is 65.0 Å². The first-order chi connectivity index (χ1) is 16.0. The van der Waals surface area contributed by atoms with Crippen molar-refractivity contribution in [2.75, 3.05) is 18.9 Å². The molecular weight excluding hydrogens is 454 g/mol. The molecule has 1 aromatic heterocycles. The Balaban J connectivity index is 1.44. The second kappa shape index (κ2) is 10.3. The summed E-state index contributed by atoms with van der Waals surface area (Å²) < 4.78 is 32.2. The molecule has 4 rings (SSSR count). The van der Waals surface area contributed by atoms with Crippen molar-refractivity contribution in [2.45, 2.75) is 24.9 Å². The summed E-state index contributed by atoms with van der Waals surface area (Å²) in [4.78, 5) is 26.3. The zero-order chi connectivity index (χ0) is 23.4. The number of halogens is 1. The fourth-order valence-electron chi connectivity index (χ4n) is 3.42. The average Bonchev–Trinajstić information content (AvgIpc) is 3.18. The van der Waals surface area contributed by atoms with Gasteiger partial charge in [-0.3, -0.25) is 4.57 Å². The molecule has 174 valence electrons. The molecule has 12 heteroatoms. The van der Waals surface area contributed by atoms with Gasteiger partial charge in [-0.05, 0) is 11.5 Å². The van der Waals surface area contributed by atoms with Crippen LogP contribution in [0.5, 0.6) is 5.75 Å². The zero-order valence-corrected chi connectivity index (χ0v) is 18.2. The second-order valence-corrected chi connectivity index (χ2v) is 8.52. The van der Waals surface area contributed by atoms with E-state index in [1.54, 1.807) is 6.07 Å². The van der Waals surface area contributed by atoms with E-state index in [1.165, 1.54) is 0 Å². The summed E-state index contributed by atoms with van der Waals surface area (Å²) >= 11 is 0. The van der Waals surface area contributed by atoms with Crippen molar-refractivity contribution in [1.29, 1.82) is 0 Å². The van der Waals surface area contributed by atoms with Crippen LogP contribution in [0.1, 0.15) is 12.6 Å². The van der Waals surface area contributed by atoms with E-state index in [2.05, 4.69) is 10.1 Å². The SMILES string of the molecule is Nc1nc(=O)n(C2CC(O)C(COP(NCC=O)Oc3cccc4ccccc34)O2)cc1F. The van der Waals surface area contributed by atoms with Crippen LogP contribution in [0, 0.1) is 5.82 Å². The molecule has 4 N–H and O–H groups in total. The maximum atomic E-state index is 13.8. The van der Waals surface area contributed by atoms with E-state index in [-0.39, 0.29) is 19.6 Å². The number of carbonyl (C=O) groups is 1. The number of carbonyl (C=O) groups excluding carboxylic acids is 1. The first-order valence-electron chi connectivity index (χ1n) is 10.1. The van der Waals surface area contributed by atoms with Gasteiger partial charge in [-0.2, -0.15) is 4.98 Å². The van der Waals surface area contributed by atoms with E-state index in [9.17, 15) is 19.1 Å². The maximum absolute atomic E-state index is 13.8. The molecule has 0 radical (unpaired) electrons. The highest BCUT2D eigenvalue weighted by molar-refractivity contribution is 7.45. The highest BCUT2D eigenvalue weighted by atomic mass is 31.2. The molecular formula is C21H22FN4O6P. The first-order valence-corrected chi connectivity index (χ1v) is 11.3. The molecule has 1 fully saturated rings. The standard InChI is InChI=1S/C21H22FN4O6P/c22-15-11-26(21(29)25-20(15)23)19-10-16(28)18(31-19)12-30-33(24-8-9-27)32-17-7-3-5-13-4-1-2-6-14(13)17/h1-7,9,11,16,18-19,24,28H,8,10,12H2,(H2,23,25,29). The van der Waals surface area contributed by atoms with Crippen LogP contribution in [0.2, 0.25) is 0 Å². The summed E-state index contributed by atoms with van der Waals surface area (Å²) in [6, 6.07) is 13.2. The number of nitrogens with two attached hydrogens (primary N) is 1. The van der Waals surface area contributed by atoms with E-state index in [1.807, 2.05) is 36.4 Å². The van der Waals surface area contributed by atoms with E-state index in [0.717, 1.165) is 21.5 Å². The third-order valence-electron chi connectivity index (χ3n) is 5.04. The van der Waals surface area contributed by atoms with Gasteiger partial charge in [0.2, 0.25) is 0 Å². The number of nitrogens with zero attached hydrogens (tertiary/aromatic N) is 2. The molecule has 33 heavy (non-hydrogen) atoms. The predicted octanol–water partition coefficient (Wildman–Crippen LogP) is 1.88. The van der Waals surface area contributed by atoms with Gasteiger partial charge in [-0.15, -0.1) is 0 Å². The molecule has 0 saturated carbocycles. The van der Waals surface area contributed by atoms with E-state index in [0.29, 0.717) is 12.0 Å². The molecule has 0 bridgehead atoms. The minimum atomic E-state index is -1.77. The van der Waals surface area contributed by atoms with Crippen molar-refractivity contribution in [3.63, 3.8) is 0 Å². The number of nitrogens with one attached hydrogen (secondary N) is 1. The fraction of sp³-hybridized carbons (Fsp3) is 0.286. The molecule has 0 aliphatic carbocycles. The Hall–Kier alpha value is -2.95. The molecule has 1 aliphatic rings. The highest BCUT2D eigenvalue weighted by Crippen LogP contribution is 2.40. The number of hydrogen-bond donors (Lipinski definition) is 3. The molecule has 4 unspecified atom stereocenters. The number of aliphatic hydroxyl groups is 1. The van der Waals surface area contributed by atoms with Crippen molar-refractivity contribution in [1.82, 2.24) is 14.6 Å². The minimum Gasteiger partial charge on any atom is -0.435 e. The number of ether oxygens (including phenoxy) is 1. The van der Waals surface area contributed by atoms with Crippen molar-refractivity contribution in [2.24, 2.45) is 0 Å². The number of rotatable bonds is 9. The maximum Gasteiger partial charge on any atom is 0.351 e. The molecule has 4 atom stereocenters. The number of anilines is 1. The zero-order valence-electron chi connectivity index (χ0n) is 17.3. The van der Waals surface area contributed by atoms with Gasteiger partial charge in [0, 0.05) is 11.8 Å². The van der Waals surface area contributed by atoms with Gasteiger partial charge in [-0.25, -0.2) is 14.3 Å². The number of benzene rings is 2. The number of fused-ring (bicyclic) bond motifs is 1. The fourth-order valence-corrected chi connectivity index (χ4v) is 4.47. The van der Waals surface area contributed by atoms with Crippen LogP contribution in [0.3, 0.4) is 0 Å². The molecule has 2 heterocycles. The summed E-state index contributed by atoms with van der Waals surface area (Å²) in [5, 5.41) is 15.1. The normalized spacial score (nSPS) is 21.2. The van der Waals surface area contributed by atoms with Crippen LogP contribution in [0.4, 0.5) is 10.2 Å². The van der Waals surface area contributed by atoms with Crippen molar-refractivity contribution in [3.8, 4) is 5.75 Å². The number of nitrogen functional groups attached to an aromatic ring is 1. The molecule has 0 spiro atoms. The molecule has 0 amide bonds. The number of aldehydes is 1. The molecule has 2 aromatic carbocycles. The van der Waals surface area contributed by atoms with Gasteiger partial charge in [0.15, 0.2) is 11.6 Å². The summed E-state index contributed by atoms with van der Waals surface area (Å²) in [5.74, 6) is -0.803. The van der Waals surface area contributed by atoms with E-state index >= 15 is 0 Å². The van der Waals surface area contributed by atoms with Crippen LogP contribution in [-0.4, -0.2) is 46.3 Å². The third kappa shape index (κ3) is 5.35. The van der Waals surface area contributed by atoms with Crippen LogP contribution in [-0.2, 0) is 14.1 Å². The van der Waals surface area contributed by atoms with Crippen molar-refractivity contribution >= 4 is 31.4 Å². The number of aliphatic hydroxyl groups excluding tert-OH is 1. The second-order valence-electron chi connectivity index (χ2n) is 7.25. The monoisotopic (exact) mass is 476 g/mol. The van der Waals surface area contributed by atoms with Gasteiger partial charge in [0.05, 0.1) is 25.5 Å².